The minimum Gasteiger partial charge on any atom is -0.486 e. The van der Waals surface area contributed by atoms with E-state index in [1.54, 1.807) is 25.3 Å². The highest BCUT2D eigenvalue weighted by molar-refractivity contribution is 9.10. The first-order chi connectivity index (χ1) is 9.60. The van der Waals surface area contributed by atoms with E-state index in [-0.39, 0.29) is 12.2 Å². The third-order valence-electron chi connectivity index (χ3n) is 2.54. The SMILES string of the molecule is COc1cccc(COc2cc(C(=O)O)ccc2Br)n1. The Morgan fingerprint density at radius 3 is 2.85 bits per heavy atom. The van der Waals surface area contributed by atoms with Gasteiger partial charge in [-0.2, -0.15) is 0 Å². The molecular formula is C14H12BrNO4. The fourth-order valence-corrected chi connectivity index (χ4v) is 1.91. The van der Waals surface area contributed by atoms with Gasteiger partial charge >= 0.3 is 5.97 Å². The van der Waals surface area contributed by atoms with Crippen LogP contribution in [-0.2, 0) is 6.61 Å². The van der Waals surface area contributed by atoms with Crippen molar-refractivity contribution in [2.45, 2.75) is 6.61 Å². The summed E-state index contributed by atoms with van der Waals surface area (Å²) in [6, 6.07) is 9.96. The first kappa shape index (κ1) is 14.3. The molecule has 0 radical (unpaired) electrons. The Hall–Kier alpha value is -2.08. The van der Waals surface area contributed by atoms with Crippen molar-refractivity contribution >= 4 is 21.9 Å². The number of carboxylic acids is 1. The number of carbonyl (C=O) groups is 1. The molecule has 0 aliphatic rings. The summed E-state index contributed by atoms with van der Waals surface area (Å²) in [5.41, 5.74) is 0.860. The van der Waals surface area contributed by atoms with Crippen molar-refractivity contribution in [2.24, 2.45) is 0 Å². The minimum atomic E-state index is -0.998. The number of halogens is 1. The van der Waals surface area contributed by atoms with E-state index in [9.17, 15) is 4.79 Å². The highest BCUT2D eigenvalue weighted by atomic mass is 79.9. The van der Waals surface area contributed by atoms with E-state index in [0.717, 1.165) is 0 Å². The van der Waals surface area contributed by atoms with Crippen LogP contribution < -0.4 is 9.47 Å². The summed E-state index contributed by atoms with van der Waals surface area (Å²) < 4.78 is 11.3. The molecule has 0 atom stereocenters. The number of methoxy groups -OCH3 is 1. The van der Waals surface area contributed by atoms with Gasteiger partial charge in [-0.15, -0.1) is 0 Å². The average molecular weight is 338 g/mol. The molecule has 1 aromatic heterocycles. The molecule has 6 heteroatoms. The van der Waals surface area contributed by atoms with Crippen LogP contribution in [-0.4, -0.2) is 23.2 Å². The highest BCUT2D eigenvalue weighted by Gasteiger charge is 2.08. The van der Waals surface area contributed by atoms with Gasteiger partial charge in [0.15, 0.2) is 0 Å². The molecule has 0 unspecified atom stereocenters. The van der Waals surface area contributed by atoms with E-state index >= 15 is 0 Å². The second-order valence-corrected chi connectivity index (χ2v) is 4.76. The molecule has 1 heterocycles. The molecule has 0 aliphatic carbocycles. The third-order valence-corrected chi connectivity index (χ3v) is 3.20. The molecule has 0 saturated carbocycles. The van der Waals surface area contributed by atoms with Gasteiger partial charge < -0.3 is 14.6 Å². The number of carboxylic acid groups (broad SMARTS) is 1. The maximum atomic E-state index is 10.9. The maximum Gasteiger partial charge on any atom is 0.335 e. The lowest BCUT2D eigenvalue weighted by Crippen LogP contribution is -2.02. The number of aromatic nitrogens is 1. The number of hydrogen-bond acceptors (Lipinski definition) is 4. The van der Waals surface area contributed by atoms with Crippen LogP contribution in [0.5, 0.6) is 11.6 Å². The molecule has 2 rings (SSSR count). The number of ether oxygens (including phenoxy) is 2. The largest absolute Gasteiger partial charge is 0.486 e. The Morgan fingerprint density at radius 1 is 1.35 bits per heavy atom. The fraction of sp³-hybridized carbons (Fsp3) is 0.143. The second kappa shape index (κ2) is 6.38. The number of aromatic carboxylic acids is 1. The average Bonchev–Trinajstić information content (AvgIpc) is 2.46. The summed E-state index contributed by atoms with van der Waals surface area (Å²) in [5, 5.41) is 8.95. The van der Waals surface area contributed by atoms with Crippen molar-refractivity contribution in [3.8, 4) is 11.6 Å². The molecule has 0 bridgehead atoms. The molecule has 5 nitrogen and oxygen atoms in total. The van der Waals surface area contributed by atoms with Crippen LogP contribution in [0.1, 0.15) is 16.1 Å². The summed E-state index contributed by atoms with van der Waals surface area (Å²) in [6.45, 7) is 0.221. The minimum absolute atomic E-state index is 0.168. The fourth-order valence-electron chi connectivity index (χ4n) is 1.55. The Balaban J connectivity index is 2.13. The molecule has 2 aromatic rings. The van der Waals surface area contributed by atoms with Crippen molar-refractivity contribution < 1.29 is 19.4 Å². The van der Waals surface area contributed by atoms with Gasteiger partial charge in [0.25, 0.3) is 0 Å². The number of nitrogens with zero attached hydrogens (tertiary/aromatic N) is 1. The normalized spacial score (nSPS) is 10.1. The van der Waals surface area contributed by atoms with Gasteiger partial charge in [-0.3, -0.25) is 0 Å². The molecule has 1 aromatic carbocycles. The lowest BCUT2D eigenvalue weighted by molar-refractivity contribution is 0.0696. The lowest BCUT2D eigenvalue weighted by Gasteiger charge is -2.09. The number of hydrogen-bond donors (Lipinski definition) is 1. The van der Waals surface area contributed by atoms with Gasteiger partial charge in [-0.25, -0.2) is 9.78 Å². The predicted octanol–water partition coefficient (Wildman–Crippen LogP) is 3.13. The molecule has 20 heavy (non-hydrogen) atoms. The van der Waals surface area contributed by atoms with Crippen LogP contribution in [0.4, 0.5) is 0 Å². The Morgan fingerprint density at radius 2 is 2.15 bits per heavy atom. The summed E-state index contributed by atoms with van der Waals surface area (Å²) >= 11 is 3.32. The molecule has 0 saturated heterocycles. The van der Waals surface area contributed by atoms with Gasteiger partial charge in [-0.05, 0) is 40.2 Å². The zero-order valence-electron chi connectivity index (χ0n) is 10.7. The van der Waals surface area contributed by atoms with E-state index in [0.29, 0.717) is 21.8 Å². The van der Waals surface area contributed by atoms with Crippen LogP contribution in [0.3, 0.4) is 0 Å². The van der Waals surface area contributed by atoms with Crippen molar-refractivity contribution in [1.29, 1.82) is 0 Å². The molecular weight excluding hydrogens is 326 g/mol. The van der Waals surface area contributed by atoms with E-state index in [4.69, 9.17) is 14.6 Å². The van der Waals surface area contributed by atoms with Crippen molar-refractivity contribution in [1.82, 2.24) is 4.98 Å². The zero-order chi connectivity index (χ0) is 14.5. The summed E-state index contributed by atoms with van der Waals surface area (Å²) in [7, 11) is 1.54. The molecule has 104 valence electrons. The number of pyridine rings is 1. The third kappa shape index (κ3) is 3.48. The van der Waals surface area contributed by atoms with E-state index in [1.165, 1.54) is 12.1 Å². The second-order valence-electron chi connectivity index (χ2n) is 3.91. The molecule has 1 N–H and O–H groups in total. The highest BCUT2D eigenvalue weighted by Crippen LogP contribution is 2.27. The van der Waals surface area contributed by atoms with Crippen LogP contribution in [0, 0.1) is 0 Å². The summed E-state index contributed by atoms with van der Waals surface area (Å²) in [6.07, 6.45) is 0. The first-order valence-electron chi connectivity index (χ1n) is 5.75. The van der Waals surface area contributed by atoms with Crippen LogP contribution in [0.15, 0.2) is 40.9 Å². The lowest BCUT2D eigenvalue weighted by atomic mass is 10.2. The summed E-state index contributed by atoms with van der Waals surface area (Å²) in [4.78, 5) is 15.1. The van der Waals surface area contributed by atoms with Crippen LogP contribution in [0.25, 0.3) is 0 Å². The van der Waals surface area contributed by atoms with Crippen LogP contribution >= 0.6 is 15.9 Å². The predicted molar refractivity (Wildman–Crippen MR) is 76.2 cm³/mol. The van der Waals surface area contributed by atoms with Gasteiger partial charge in [0, 0.05) is 6.07 Å². The molecule has 0 amide bonds. The molecule has 0 spiro atoms. The van der Waals surface area contributed by atoms with Crippen molar-refractivity contribution in [3.05, 3.63) is 52.1 Å². The van der Waals surface area contributed by atoms with Crippen LogP contribution in [0.2, 0.25) is 0 Å². The number of rotatable bonds is 5. The van der Waals surface area contributed by atoms with E-state index in [2.05, 4.69) is 20.9 Å². The number of benzene rings is 1. The molecule has 0 aliphatic heterocycles. The maximum absolute atomic E-state index is 10.9. The van der Waals surface area contributed by atoms with E-state index in [1.807, 2.05) is 6.07 Å². The Bertz CT molecular complexity index is 630. The van der Waals surface area contributed by atoms with E-state index < -0.39 is 5.97 Å². The van der Waals surface area contributed by atoms with Crippen molar-refractivity contribution in [3.63, 3.8) is 0 Å². The van der Waals surface area contributed by atoms with Gasteiger partial charge in [0.2, 0.25) is 5.88 Å². The zero-order valence-corrected chi connectivity index (χ0v) is 12.3. The Kier molecular flexibility index (Phi) is 4.57. The standard InChI is InChI=1S/C14H12BrNO4/c1-19-13-4-2-3-10(16-13)8-20-12-7-9(14(17)18)5-6-11(12)15/h2-7H,8H2,1H3,(H,17,18). The summed E-state index contributed by atoms with van der Waals surface area (Å²) in [5.74, 6) is -0.0409. The smallest absolute Gasteiger partial charge is 0.335 e. The van der Waals surface area contributed by atoms with Crippen molar-refractivity contribution in [2.75, 3.05) is 7.11 Å². The quantitative estimate of drug-likeness (QED) is 0.907. The molecule has 0 fully saturated rings. The van der Waals surface area contributed by atoms with Gasteiger partial charge in [0.1, 0.15) is 12.4 Å². The van der Waals surface area contributed by atoms with Gasteiger partial charge in [-0.1, -0.05) is 6.07 Å². The monoisotopic (exact) mass is 337 g/mol. The first-order valence-corrected chi connectivity index (χ1v) is 6.55. The topological polar surface area (TPSA) is 68.7 Å². The Labute approximate surface area is 124 Å². The van der Waals surface area contributed by atoms with Gasteiger partial charge in [0.05, 0.1) is 22.8 Å².